The van der Waals surface area contributed by atoms with Crippen LogP contribution in [0.15, 0.2) is 60.3 Å². The van der Waals surface area contributed by atoms with Gasteiger partial charge in [0.25, 0.3) is 0 Å². The molecular weight excluding hydrogens is 503 g/mol. The number of allylic oxidation sites excluding steroid dienone is 2. The quantitative estimate of drug-likeness (QED) is 0.348. The van der Waals surface area contributed by atoms with Crippen molar-refractivity contribution in [1.29, 1.82) is 0 Å². The number of aromatic nitrogens is 4. The number of aryl methyl sites for hydroxylation is 1. The molecule has 1 atom stereocenters. The van der Waals surface area contributed by atoms with Gasteiger partial charge in [-0.1, -0.05) is 6.07 Å². The second kappa shape index (κ2) is 9.39. The molecule has 4 heterocycles. The van der Waals surface area contributed by atoms with E-state index in [1.54, 1.807) is 38.1 Å². The topological polar surface area (TPSA) is 88.0 Å². The van der Waals surface area contributed by atoms with Gasteiger partial charge in [0.05, 0.1) is 13.1 Å². The van der Waals surface area contributed by atoms with Crippen molar-refractivity contribution in [3.8, 4) is 0 Å². The molecule has 0 fully saturated rings. The Morgan fingerprint density at radius 2 is 1.97 bits per heavy atom. The van der Waals surface area contributed by atoms with Crippen LogP contribution in [-0.4, -0.2) is 54.0 Å². The van der Waals surface area contributed by atoms with E-state index in [0.29, 0.717) is 23.2 Å². The zero-order valence-electron chi connectivity index (χ0n) is 20.7. The summed E-state index contributed by atoms with van der Waals surface area (Å²) in [6, 6.07) is 5.90. The van der Waals surface area contributed by atoms with Crippen LogP contribution in [0.5, 0.6) is 0 Å². The number of hydrogen-bond acceptors (Lipinski definition) is 4. The molecule has 1 aromatic carbocycles. The van der Waals surface area contributed by atoms with Crippen molar-refractivity contribution >= 4 is 24.7 Å². The fourth-order valence-corrected chi connectivity index (χ4v) is 5.16. The zero-order valence-corrected chi connectivity index (χ0v) is 20.7. The summed E-state index contributed by atoms with van der Waals surface area (Å²) in [7, 11) is 0. The fourth-order valence-electron chi connectivity index (χ4n) is 5.16. The van der Waals surface area contributed by atoms with Crippen molar-refractivity contribution in [3.63, 3.8) is 0 Å². The molecule has 0 bridgehead atoms. The van der Waals surface area contributed by atoms with Gasteiger partial charge in [-0.15, -0.1) is 0 Å². The normalized spacial score (nSPS) is 17.4. The summed E-state index contributed by atoms with van der Waals surface area (Å²) in [5.74, 6) is -2.34. The van der Waals surface area contributed by atoms with Crippen molar-refractivity contribution in [2.45, 2.75) is 38.8 Å². The summed E-state index contributed by atoms with van der Waals surface area (Å²) in [4.78, 5) is 16.5. The van der Waals surface area contributed by atoms with Gasteiger partial charge >= 0.3 is 6.97 Å². The molecule has 0 radical (unpaired) electrons. The summed E-state index contributed by atoms with van der Waals surface area (Å²) in [6.07, 6.45) is 5.81. The molecule has 2 aromatic heterocycles. The lowest BCUT2D eigenvalue weighted by atomic mass is 9.89. The van der Waals surface area contributed by atoms with Gasteiger partial charge < -0.3 is 28.0 Å². The molecule has 2 aliphatic heterocycles. The molecule has 38 heavy (non-hydrogen) atoms. The third-order valence-electron chi connectivity index (χ3n) is 6.92. The molecular formula is C25H25BF4N6O2. The van der Waals surface area contributed by atoms with E-state index in [-0.39, 0.29) is 30.6 Å². The van der Waals surface area contributed by atoms with Crippen LogP contribution < -0.4 is 5.32 Å². The lowest BCUT2D eigenvalue weighted by Gasteiger charge is -2.31. The Balaban J connectivity index is 1.31. The van der Waals surface area contributed by atoms with E-state index in [2.05, 4.69) is 15.4 Å². The lowest BCUT2D eigenvalue weighted by molar-refractivity contribution is -0.362. The van der Waals surface area contributed by atoms with Crippen LogP contribution in [-0.2, 0) is 23.4 Å². The number of rotatable bonds is 8. The van der Waals surface area contributed by atoms with E-state index >= 15 is 8.63 Å². The average Bonchev–Trinajstić information content (AvgIpc) is 3.56. The van der Waals surface area contributed by atoms with Crippen LogP contribution in [0.4, 0.5) is 17.4 Å². The first-order valence-electron chi connectivity index (χ1n) is 12.0. The maximum absolute atomic E-state index is 15.6. The summed E-state index contributed by atoms with van der Waals surface area (Å²) in [5, 5.41) is 17.8. The van der Waals surface area contributed by atoms with E-state index in [9.17, 15) is 18.7 Å². The predicted molar refractivity (Wildman–Crippen MR) is 132 cm³/mol. The number of halogens is 4. The third-order valence-corrected chi connectivity index (χ3v) is 6.92. The molecule has 13 heteroatoms. The van der Waals surface area contributed by atoms with Gasteiger partial charge in [-0.25, -0.2) is 18.4 Å². The SMILES string of the molecule is CC1=CC(C)=[N+]2C1=Cc1ccc(CCC(=O)NCC(O)(Cn3cncn3)c3ccc(F)cc3F)n1[B-]2(F)F. The number of fused-ring (bicyclic) bond motifs is 2. The lowest BCUT2D eigenvalue weighted by Crippen LogP contribution is -2.50. The molecule has 198 valence electrons. The van der Waals surface area contributed by atoms with Crippen molar-refractivity contribution in [3.05, 3.63) is 88.9 Å². The standard InChI is InChI=1S/C25H25BF4N6O2/c1-16-9-17(2)35-23(16)11-20-5-4-19(36(20)26(35,29)30)6-8-24(37)32-12-25(38,13-34-15-31-14-33-34)21-7-3-18(27)10-22(21)28/h3-5,7,9-11,14-15,38H,6,8,12-13H2,1-2H3,(H,32,37). The van der Waals surface area contributed by atoms with Gasteiger partial charge in [0.1, 0.15) is 35.6 Å². The number of benzene rings is 1. The average molecular weight is 528 g/mol. The molecule has 1 amide bonds. The molecule has 1 unspecified atom stereocenters. The Morgan fingerprint density at radius 3 is 2.68 bits per heavy atom. The van der Waals surface area contributed by atoms with Crippen LogP contribution in [0.25, 0.3) is 6.08 Å². The van der Waals surface area contributed by atoms with Gasteiger partial charge in [-0.2, -0.15) is 5.10 Å². The predicted octanol–water partition coefficient (Wildman–Crippen LogP) is 3.01. The van der Waals surface area contributed by atoms with E-state index in [0.717, 1.165) is 26.7 Å². The van der Waals surface area contributed by atoms with Crippen LogP contribution in [0.3, 0.4) is 0 Å². The van der Waals surface area contributed by atoms with Gasteiger partial charge in [0.15, 0.2) is 5.70 Å². The van der Waals surface area contributed by atoms with Crippen LogP contribution in [0.1, 0.15) is 37.2 Å². The highest BCUT2D eigenvalue weighted by atomic mass is 19.2. The Bertz CT molecular complexity index is 1510. The maximum atomic E-state index is 15.6. The number of amides is 1. The minimum Gasteiger partial charge on any atom is -0.394 e. The number of nitrogens with zero attached hydrogens (tertiary/aromatic N) is 5. The Labute approximate surface area is 215 Å². The molecule has 2 N–H and O–H groups in total. The minimum atomic E-state index is -4.15. The van der Waals surface area contributed by atoms with Gasteiger partial charge in [0, 0.05) is 48.4 Å². The van der Waals surface area contributed by atoms with E-state index in [1.165, 1.54) is 17.3 Å². The molecule has 0 saturated heterocycles. The number of carbonyl (C=O) groups excluding carboxylic acids is 1. The summed E-state index contributed by atoms with van der Waals surface area (Å²) in [5.41, 5.74) is 0.0856. The molecule has 3 aromatic rings. The summed E-state index contributed by atoms with van der Waals surface area (Å²) < 4.78 is 62.5. The maximum Gasteiger partial charge on any atom is 0.737 e. The Hall–Kier alpha value is -4.00. The molecule has 0 saturated carbocycles. The monoisotopic (exact) mass is 528 g/mol. The molecule has 2 aliphatic rings. The number of carbonyl (C=O) groups is 1. The van der Waals surface area contributed by atoms with Crippen LogP contribution >= 0.6 is 0 Å². The molecule has 5 rings (SSSR count). The second-order valence-electron chi connectivity index (χ2n) is 9.60. The highest BCUT2D eigenvalue weighted by molar-refractivity contribution is 6.58. The second-order valence-corrected chi connectivity index (χ2v) is 9.60. The fraction of sp³-hybridized carbons (Fsp3) is 0.280. The van der Waals surface area contributed by atoms with E-state index in [4.69, 9.17) is 0 Å². The largest absolute Gasteiger partial charge is 0.737 e. The van der Waals surface area contributed by atoms with E-state index in [1.807, 2.05) is 0 Å². The third kappa shape index (κ3) is 4.47. The minimum absolute atomic E-state index is 0.0120. The first kappa shape index (κ1) is 25.6. The molecule has 0 aliphatic carbocycles. The zero-order chi connectivity index (χ0) is 27.2. The van der Waals surface area contributed by atoms with Crippen LogP contribution in [0.2, 0.25) is 0 Å². The Morgan fingerprint density at radius 1 is 1.18 bits per heavy atom. The van der Waals surface area contributed by atoms with Gasteiger partial charge in [0.2, 0.25) is 5.91 Å². The first-order chi connectivity index (χ1) is 18.0. The molecule has 8 nitrogen and oxygen atoms in total. The van der Waals surface area contributed by atoms with Crippen molar-refractivity contribution in [2.75, 3.05) is 6.54 Å². The van der Waals surface area contributed by atoms with Crippen molar-refractivity contribution in [1.82, 2.24) is 24.6 Å². The van der Waals surface area contributed by atoms with E-state index < -0.39 is 36.7 Å². The smallest absolute Gasteiger partial charge is 0.394 e. The number of nitrogens with one attached hydrogen (secondary N) is 1. The molecule has 0 spiro atoms. The summed E-state index contributed by atoms with van der Waals surface area (Å²) in [6.45, 7) is -1.44. The van der Waals surface area contributed by atoms with Crippen LogP contribution in [0, 0.1) is 11.6 Å². The summed E-state index contributed by atoms with van der Waals surface area (Å²) >= 11 is 0. The van der Waals surface area contributed by atoms with Gasteiger partial charge in [-0.05, 0) is 37.2 Å². The highest BCUT2D eigenvalue weighted by Gasteiger charge is 2.52. The Kier molecular flexibility index (Phi) is 6.34. The van der Waals surface area contributed by atoms with Gasteiger partial charge in [-0.3, -0.25) is 4.79 Å². The highest BCUT2D eigenvalue weighted by Crippen LogP contribution is 2.35. The van der Waals surface area contributed by atoms with Crippen molar-refractivity contribution in [2.24, 2.45) is 0 Å². The number of hydrogen-bond donors (Lipinski definition) is 2. The number of aliphatic hydroxyl groups is 1. The van der Waals surface area contributed by atoms with Crippen molar-refractivity contribution < 1.29 is 31.8 Å². The first-order valence-corrected chi connectivity index (χ1v) is 12.0.